The van der Waals surface area contributed by atoms with Crippen molar-refractivity contribution >= 4 is 21.7 Å². The molecule has 156 valence electrons. The summed E-state index contributed by atoms with van der Waals surface area (Å²) in [5.74, 6) is 4.49. The summed E-state index contributed by atoms with van der Waals surface area (Å²) in [5.41, 5.74) is 2.98. The Balaban J connectivity index is 2.10. The molecule has 0 spiro atoms. The molecule has 0 bridgehead atoms. The number of methoxy groups -OCH3 is 1. The van der Waals surface area contributed by atoms with E-state index in [1.807, 2.05) is 6.92 Å². The maximum absolute atomic E-state index is 13.6. The lowest BCUT2D eigenvalue weighted by molar-refractivity contribution is -0.133. The van der Waals surface area contributed by atoms with Crippen LogP contribution in [0, 0.1) is 18.8 Å². The number of para-hydroxylation sites is 1. The van der Waals surface area contributed by atoms with Crippen LogP contribution in [0.25, 0.3) is 0 Å². The van der Waals surface area contributed by atoms with E-state index in [0.29, 0.717) is 11.3 Å². The lowest BCUT2D eigenvalue weighted by Crippen LogP contribution is -2.34. The lowest BCUT2D eigenvalue weighted by Gasteiger charge is -2.28. The highest BCUT2D eigenvalue weighted by Crippen LogP contribution is 2.30. The average molecular weight is 424 g/mol. The van der Waals surface area contributed by atoms with Gasteiger partial charge in [-0.05, 0) is 56.9 Å². The molecule has 30 heavy (non-hydrogen) atoms. The van der Waals surface area contributed by atoms with Gasteiger partial charge in [0.25, 0.3) is 10.0 Å². The van der Waals surface area contributed by atoms with Crippen molar-refractivity contribution in [2.24, 2.45) is 0 Å². The van der Waals surface area contributed by atoms with Gasteiger partial charge in [-0.3, -0.25) is 4.31 Å². The SMILES string of the molecule is COC(=O)C#Cc1ccccc1N(CC1=CCCCC1)S(=O)(=O)c1ccc(C)cc1. The Hall–Kier alpha value is -3.04. The number of anilines is 1. The van der Waals surface area contributed by atoms with Crippen LogP contribution >= 0.6 is 0 Å². The number of rotatable bonds is 5. The van der Waals surface area contributed by atoms with Crippen molar-refractivity contribution < 1.29 is 17.9 Å². The van der Waals surface area contributed by atoms with Gasteiger partial charge in [-0.2, -0.15) is 0 Å². The smallest absolute Gasteiger partial charge is 0.384 e. The number of sulfonamides is 1. The van der Waals surface area contributed by atoms with Crippen LogP contribution in [0.4, 0.5) is 5.69 Å². The van der Waals surface area contributed by atoms with Gasteiger partial charge in [-0.25, -0.2) is 13.2 Å². The predicted molar refractivity (Wildman–Crippen MR) is 118 cm³/mol. The molecule has 0 fully saturated rings. The van der Waals surface area contributed by atoms with E-state index in [2.05, 4.69) is 22.7 Å². The molecule has 0 atom stereocenters. The summed E-state index contributed by atoms with van der Waals surface area (Å²) in [6.07, 6.45) is 6.13. The standard InChI is InChI=1S/C24H25NO4S/c1-19-12-15-22(16-13-19)30(27,28)25(18-20-8-4-3-5-9-20)23-11-7-6-10-21(23)14-17-24(26)29-2/h6-8,10-13,15-16H,3-5,9,18H2,1-2H3. The normalized spacial score (nSPS) is 13.6. The van der Waals surface area contributed by atoms with E-state index in [1.165, 1.54) is 11.4 Å². The Labute approximate surface area is 178 Å². The summed E-state index contributed by atoms with van der Waals surface area (Å²) >= 11 is 0. The third-order valence-corrected chi connectivity index (χ3v) is 6.77. The molecular weight excluding hydrogens is 398 g/mol. The second kappa shape index (κ2) is 9.64. The molecule has 6 heteroatoms. The third-order valence-electron chi connectivity index (χ3n) is 5.00. The van der Waals surface area contributed by atoms with Crippen LogP contribution in [-0.4, -0.2) is 28.0 Å². The first-order valence-corrected chi connectivity index (χ1v) is 11.3. The Bertz CT molecular complexity index is 1110. The number of aryl methyl sites for hydroxylation is 1. The zero-order chi connectivity index (χ0) is 21.6. The maximum Gasteiger partial charge on any atom is 0.384 e. The summed E-state index contributed by atoms with van der Waals surface area (Å²) in [6.45, 7) is 2.17. The number of carbonyl (C=O) groups excluding carboxylic acids is 1. The molecule has 0 radical (unpaired) electrons. The molecule has 1 aliphatic carbocycles. The van der Waals surface area contributed by atoms with Gasteiger partial charge in [-0.15, -0.1) is 0 Å². The van der Waals surface area contributed by atoms with E-state index in [0.717, 1.165) is 36.8 Å². The van der Waals surface area contributed by atoms with Crippen molar-refractivity contribution in [3.8, 4) is 11.8 Å². The van der Waals surface area contributed by atoms with Crippen LogP contribution in [0.3, 0.4) is 0 Å². The van der Waals surface area contributed by atoms with Crippen molar-refractivity contribution in [1.29, 1.82) is 0 Å². The highest BCUT2D eigenvalue weighted by molar-refractivity contribution is 7.92. The monoisotopic (exact) mass is 423 g/mol. The number of esters is 1. The second-order valence-corrected chi connectivity index (χ2v) is 9.05. The van der Waals surface area contributed by atoms with Gasteiger partial charge in [0.05, 0.1) is 24.2 Å². The predicted octanol–water partition coefficient (Wildman–Crippen LogP) is 4.22. The number of carbonyl (C=O) groups is 1. The summed E-state index contributed by atoms with van der Waals surface area (Å²) < 4.78 is 33.2. The van der Waals surface area contributed by atoms with Crippen LogP contribution in [0.1, 0.15) is 36.8 Å². The van der Waals surface area contributed by atoms with Gasteiger partial charge >= 0.3 is 5.97 Å². The first-order chi connectivity index (χ1) is 14.4. The van der Waals surface area contributed by atoms with Gasteiger partial charge in [0.2, 0.25) is 0 Å². The summed E-state index contributed by atoms with van der Waals surface area (Å²) in [7, 11) is -2.57. The first-order valence-electron chi connectivity index (χ1n) is 9.88. The number of allylic oxidation sites excluding steroid dienone is 1. The molecule has 0 saturated heterocycles. The highest BCUT2D eigenvalue weighted by Gasteiger charge is 2.27. The molecule has 2 aromatic rings. The lowest BCUT2D eigenvalue weighted by atomic mass is 9.99. The van der Waals surface area contributed by atoms with E-state index < -0.39 is 16.0 Å². The van der Waals surface area contributed by atoms with Crippen LogP contribution in [0.2, 0.25) is 0 Å². The van der Waals surface area contributed by atoms with Gasteiger partial charge in [0.15, 0.2) is 0 Å². The van der Waals surface area contributed by atoms with Crippen LogP contribution in [0.5, 0.6) is 0 Å². The molecule has 0 heterocycles. The fraction of sp³-hybridized carbons (Fsp3) is 0.292. The van der Waals surface area contributed by atoms with Gasteiger partial charge in [-0.1, -0.05) is 47.4 Å². The molecule has 5 nitrogen and oxygen atoms in total. The number of hydrogen-bond donors (Lipinski definition) is 0. The van der Waals surface area contributed by atoms with Crippen molar-refractivity contribution in [1.82, 2.24) is 0 Å². The van der Waals surface area contributed by atoms with Crippen molar-refractivity contribution in [3.63, 3.8) is 0 Å². The van der Waals surface area contributed by atoms with E-state index in [-0.39, 0.29) is 11.4 Å². The summed E-state index contributed by atoms with van der Waals surface area (Å²) in [6, 6.07) is 13.8. The first kappa shape index (κ1) is 21.7. The van der Waals surface area contributed by atoms with Crippen LogP contribution in [-0.2, 0) is 19.6 Å². The second-order valence-electron chi connectivity index (χ2n) is 7.19. The van der Waals surface area contributed by atoms with E-state index >= 15 is 0 Å². The van der Waals surface area contributed by atoms with Crippen molar-refractivity contribution in [2.75, 3.05) is 18.0 Å². The Morgan fingerprint density at radius 1 is 1.10 bits per heavy atom. The molecular formula is C24H25NO4S. The van der Waals surface area contributed by atoms with Crippen molar-refractivity contribution in [3.05, 3.63) is 71.3 Å². The van der Waals surface area contributed by atoms with Crippen LogP contribution < -0.4 is 4.31 Å². The molecule has 2 aromatic carbocycles. The quantitative estimate of drug-likeness (QED) is 0.410. The largest absolute Gasteiger partial charge is 0.459 e. The Morgan fingerprint density at radius 3 is 2.50 bits per heavy atom. The van der Waals surface area contributed by atoms with Gasteiger partial charge < -0.3 is 4.74 Å². The number of nitrogens with zero attached hydrogens (tertiary/aromatic N) is 1. The minimum atomic E-state index is -3.83. The molecule has 0 N–H and O–H groups in total. The summed E-state index contributed by atoms with van der Waals surface area (Å²) in [5, 5.41) is 0. The zero-order valence-electron chi connectivity index (χ0n) is 17.2. The molecule has 0 saturated carbocycles. The Morgan fingerprint density at radius 2 is 1.83 bits per heavy atom. The number of hydrogen-bond acceptors (Lipinski definition) is 4. The van der Waals surface area contributed by atoms with E-state index in [1.54, 1.807) is 48.5 Å². The molecule has 3 rings (SSSR count). The number of ether oxygens (including phenoxy) is 1. The van der Waals surface area contributed by atoms with E-state index in [9.17, 15) is 13.2 Å². The Kier molecular flexibility index (Phi) is 6.96. The number of benzene rings is 2. The van der Waals surface area contributed by atoms with Gasteiger partial charge in [0.1, 0.15) is 0 Å². The minimum Gasteiger partial charge on any atom is -0.459 e. The third kappa shape index (κ3) is 5.11. The highest BCUT2D eigenvalue weighted by atomic mass is 32.2. The molecule has 1 aliphatic rings. The molecule has 0 unspecified atom stereocenters. The minimum absolute atomic E-state index is 0.222. The van der Waals surface area contributed by atoms with Gasteiger partial charge in [0, 0.05) is 11.5 Å². The fourth-order valence-corrected chi connectivity index (χ4v) is 4.82. The maximum atomic E-state index is 13.6. The van der Waals surface area contributed by atoms with E-state index in [4.69, 9.17) is 0 Å². The zero-order valence-corrected chi connectivity index (χ0v) is 18.0. The van der Waals surface area contributed by atoms with Crippen molar-refractivity contribution in [2.45, 2.75) is 37.5 Å². The van der Waals surface area contributed by atoms with Crippen LogP contribution in [0.15, 0.2) is 65.1 Å². The molecule has 0 amide bonds. The average Bonchev–Trinajstić information content (AvgIpc) is 2.77. The topological polar surface area (TPSA) is 63.7 Å². The summed E-state index contributed by atoms with van der Waals surface area (Å²) in [4.78, 5) is 11.7. The molecule has 0 aliphatic heterocycles. The fourth-order valence-electron chi connectivity index (χ4n) is 3.34. The molecule has 0 aromatic heterocycles.